The zero-order valence-electron chi connectivity index (χ0n) is 22.5. The Morgan fingerprint density at radius 3 is 2.10 bits per heavy atom. The number of piperidine rings is 1. The van der Waals surface area contributed by atoms with E-state index in [0.717, 1.165) is 50.7 Å². The van der Waals surface area contributed by atoms with Crippen molar-refractivity contribution in [3.8, 4) is 0 Å². The fourth-order valence-electron chi connectivity index (χ4n) is 4.99. The Bertz CT molecular complexity index is 1490. The first-order valence-electron chi connectivity index (χ1n) is 13.4. The number of carbonyl (C=O) groups is 1. The van der Waals surface area contributed by atoms with Crippen LogP contribution in [0.3, 0.4) is 0 Å². The molecule has 7 nitrogen and oxygen atoms in total. The second kappa shape index (κ2) is 13.3. The fraction of sp³-hybridized carbons (Fsp3) is 0.367. The van der Waals surface area contributed by atoms with Crippen LogP contribution in [0.25, 0.3) is 0 Å². The highest BCUT2D eigenvalue weighted by atomic mass is 35.5. The summed E-state index contributed by atoms with van der Waals surface area (Å²) in [7, 11) is -6.85. The van der Waals surface area contributed by atoms with E-state index in [-0.39, 0.29) is 27.5 Å². The summed E-state index contributed by atoms with van der Waals surface area (Å²) >= 11 is 5.97. The Balaban J connectivity index is 1.27. The minimum absolute atomic E-state index is 0.0443. The number of likely N-dealkylation sites (tertiary alicyclic amines) is 1. The third-order valence-electron chi connectivity index (χ3n) is 7.46. The first kappa shape index (κ1) is 30.2. The van der Waals surface area contributed by atoms with Gasteiger partial charge in [-0.1, -0.05) is 41.9 Å². The summed E-state index contributed by atoms with van der Waals surface area (Å²) in [5.41, 5.74) is 1.61. The van der Waals surface area contributed by atoms with Gasteiger partial charge in [0.05, 0.1) is 21.6 Å². The van der Waals surface area contributed by atoms with Crippen LogP contribution in [-0.2, 0) is 19.7 Å². The minimum atomic E-state index is -3.48. The molecule has 1 N–H and O–H groups in total. The molecule has 1 amide bonds. The zero-order chi connectivity index (χ0) is 28.8. The molecule has 3 aromatic carbocycles. The smallest absolute Gasteiger partial charge is 0.251 e. The van der Waals surface area contributed by atoms with Gasteiger partial charge in [0, 0.05) is 23.4 Å². The first-order chi connectivity index (χ1) is 19.0. The van der Waals surface area contributed by atoms with Gasteiger partial charge in [0.2, 0.25) is 0 Å². The van der Waals surface area contributed by atoms with E-state index in [2.05, 4.69) is 10.2 Å². The number of rotatable bonds is 11. The van der Waals surface area contributed by atoms with Crippen LogP contribution in [0.15, 0.2) is 88.7 Å². The third-order valence-corrected chi connectivity index (χ3v) is 10.6. The summed E-state index contributed by atoms with van der Waals surface area (Å²) < 4.78 is 48.9. The quantitative estimate of drug-likeness (QED) is 0.325. The molecule has 1 aliphatic rings. The van der Waals surface area contributed by atoms with Crippen LogP contribution >= 0.6 is 11.6 Å². The molecule has 4 rings (SSSR count). The van der Waals surface area contributed by atoms with Gasteiger partial charge in [0.25, 0.3) is 5.91 Å². The second-order valence-electron chi connectivity index (χ2n) is 10.4. The van der Waals surface area contributed by atoms with Crippen LogP contribution in [0.2, 0.25) is 5.02 Å². The van der Waals surface area contributed by atoms with E-state index in [1.807, 2.05) is 30.3 Å². The maximum Gasteiger partial charge on any atom is 0.251 e. The number of hydrogen-bond donors (Lipinski definition) is 1. The van der Waals surface area contributed by atoms with Gasteiger partial charge in [-0.25, -0.2) is 16.8 Å². The number of halogens is 1. The monoisotopic (exact) mass is 602 g/mol. The lowest BCUT2D eigenvalue weighted by atomic mass is 9.94. The lowest BCUT2D eigenvalue weighted by molar-refractivity contribution is 0.0928. The van der Waals surface area contributed by atoms with Gasteiger partial charge >= 0.3 is 0 Å². The Labute approximate surface area is 242 Å². The predicted octanol–water partition coefficient (Wildman–Crippen LogP) is 5.18. The Kier molecular flexibility index (Phi) is 10.1. The molecule has 1 fully saturated rings. The minimum Gasteiger partial charge on any atom is -0.345 e. The molecule has 0 saturated carbocycles. The molecule has 1 unspecified atom stereocenters. The standard InChI is InChI=1S/C30H35ClN2O5S2/c1-39(35,36)27-11-13-28(14-12-27)40(37,38)22-18-23-15-19-33(20-16-23)21-17-29(24-5-3-2-4-6-24)32-30(34)25-7-9-26(31)10-8-25/h2-14,23,29H,15-22H2,1H3,(H,32,34). The number of hydrogen-bond acceptors (Lipinski definition) is 6. The third kappa shape index (κ3) is 8.39. The van der Waals surface area contributed by atoms with E-state index < -0.39 is 19.7 Å². The Morgan fingerprint density at radius 1 is 0.900 bits per heavy atom. The molecule has 0 aromatic heterocycles. The van der Waals surface area contributed by atoms with E-state index in [9.17, 15) is 21.6 Å². The van der Waals surface area contributed by atoms with E-state index >= 15 is 0 Å². The van der Waals surface area contributed by atoms with Crippen molar-refractivity contribution in [1.29, 1.82) is 0 Å². The lowest BCUT2D eigenvalue weighted by Crippen LogP contribution is -2.37. The van der Waals surface area contributed by atoms with Crippen molar-refractivity contribution in [3.05, 3.63) is 95.0 Å². The highest BCUT2D eigenvalue weighted by molar-refractivity contribution is 7.91. The molecule has 0 spiro atoms. The number of nitrogens with one attached hydrogen (secondary N) is 1. The average Bonchev–Trinajstić information content (AvgIpc) is 2.95. The van der Waals surface area contributed by atoms with E-state index in [0.29, 0.717) is 22.9 Å². The van der Waals surface area contributed by atoms with Gasteiger partial charge in [-0.05, 0) is 98.8 Å². The van der Waals surface area contributed by atoms with Crippen LogP contribution < -0.4 is 5.32 Å². The summed E-state index contributed by atoms with van der Waals surface area (Å²) in [5, 5.41) is 3.76. The summed E-state index contributed by atoms with van der Waals surface area (Å²) in [6.45, 7) is 2.57. The van der Waals surface area contributed by atoms with Gasteiger partial charge < -0.3 is 10.2 Å². The lowest BCUT2D eigenvalue weighted by Gasteiger charge is -2.33. The van der Waals surface area contributed by atoms with Crippen molar-refractivity contribution in [2.75, 3.05) is 31.6 Å². The molecule has 0 aliphatic carbocycles. The van der Waals surface area contributed by atoms with Crippen molar-refractivity contribution < 1.29 is 21.6 Å². The number of benzene rings is 3. The largest absolute Gasteiger partial charge is 0.345 e. The molecule has 1 atom stereocenters. The van der Waals surface area contributed by atoms with E-state index in [1.54, 1.807) is 24.3 Å². The van der Waals surface area contributed by atoms with Crippen molar-refractivity contribution in [3.63, 3.8) is 0 Å². The molecule has 1 heterocycles. The summed E-state index contributed by atoms with van der Waals surface area (Å²) in [4.78, 5) is 15.5. The highest BCUT2D eigenvalue weighted by Crippen LogP contribution is 2.25. The molecule has 1 aliphatic heterocycles. The van der Waals surface area contributed by atoms with Crippen molar-refractivity contribution in [2.24, 2.45) is 5.92 Å². The molecule has 1 saturated heterocycles. The van der Waals surface area contributed by atoms with Crippen LogP contribution in [0.1, 0.15) is 47.6 Å². The SMILES string of the molecule is CS(=O)(=O)c1ccc(S(=O)(=O)CCC2CCN(CCC(NC(=O)c3ccc(Cl)cc3)c3ccccc3)CC2)cc1. The molecule has 214 valence electrons. The second-order valence-corrected chi connectivity index (χ2v) is 14.9. The number of carbonyl (C=O) groups excluding carboxylic acids is 1. The molecule has 40 heavy (non-hydrogen) atoms. The average molecular weight is 603 g/mol. The number of amides is 1. The normalized spacial score (nSPS) is 15.9. The van der Waals surface area contributed by atoms with E-state index in [1.165, 1.54) is 24.3 Å². The summed E-state index contributed by atoms with van der Waals surface area (Å²) in [6.07, 6.45) is 4.26. The Morgan fingerprint density at radius 2 is 1.50 bits per heavy atom. The van der Waals surface area contributed by atoms with Crippen molar-refractivity contribution >= 4 is 37.2 Å². The van der Waals surface area contributed by atoms with Gasteiger partial charge in [0.15, 0.2) is 19.7 Å². The molecular formula is C30H35ClN2O5S2. The number of nitrogens with zero attached hydrogens (tertiary/aromatic N) is 1. The predicted molar refractivity (Wildman–Crippen MR) is 158 cm³/mol. The number of sulfone groups is 2. The van der Waals surface area contributed by atoms with Crippen LogP contribution in [0.4, 0.5) is 0 Å². The molecular weight excluding hydrogens is 568 g/mol. The van der Waals surface area contributed by atoms with E-state index in [4.69, 9.17) is 11.6 Å². The molecule has 10 heteroatoms. The first-order valence-corrected chi connectivity index (χ1v) is 17.3. The highest BCUT2D eigenvalue weighted by Gasteiger charge is 2.24. The topological polar surface area (TPSA) is 101 Å². The van der Waals surface area contributed by atoms with Gasteiger partial charge in [-0.15, -0.1) is 0 Å². The molecule has 0 bridgehead atoms. The maximum atomic E-state index is 12.9. The van der Waals surface area contributed by atoms with Gasteiger partial charge in [-0.3, -0.25) is 4.79 Å². The van der Waals surface area contributed by atoms with Crippen LogP contribution in [-0.4, -0.2) is 59.3 Å². The van der Waals surface area contributed by atoms with Gasteiger partial charge in [0.1, 0.15) is 0 Å². The molecule has 3 aromatic rings. The summed E-state index contributed by atoms with van der Waals surface area (Å²) in [5.74, 6) is 0.218. The molecule has 0 radical (unpaired) electrons. The van der Waals surface area contributed by atoms with Gasteiger partial charge in [-0.2, -0.15) is 0 Å². The summed E-state index contributed by atoms with van der Waals surface area (Å²) in [6, 6.07) is 22.1. The van der Waals surface area contributed by atoms with Crippen LogP contribution in [0.5, 0.6) is 0 Å². The van der Waals surface area contributed by atoms with Crippen molar-refractivity contribution in [1.82, 2.24) is 10.2 Å². The van der Waals surface area contributed by atoms with Crippen LogP contribution in [0, 0.1) is 5.92 Å². The fourth-order valence-corrected chi connectivity index (χ4v) is 7.18. The zero-order valence-corrected chi connectivity index (χ0v) is 24.9. The maximum absolute atomic E-state index is 12.9. The Hall–Kier alpha value is -2.72. The van der Waals surface area contributed by atoms with Crippen molar-refractivity contribution in [2.45, 2.75) is 41.5 Å².